The zero-order valence-corrected chi connectivity index (χ0v) is 8.50. The average Bonchev–Trinajstić information content (AvgIpc) is 2.56. The first-order chi connectivity index (χ1) is 6.84. The third-order valence-corrected chi connectivity index (χ3v) is 4.09. The molecule has 70 valence electrons. The summed E-state index contributed by atoms with van der Waals surface area (Å²) in [5, 5.41) is 0.580. The Morgan fingerprint density at radius 2 is 2.00 bits per heavy atom. The lowest BCUT2D eigenvalue weighted by atomic mass is 9.92. The summed E-state index contributed by atoms with van der Waals surface area (Å²) in [6, 6.07) is 6.22. The third kappa shape index (κ3) is 1.11. The summed E-state index contributed by atoms with van der Waals surface area (Å²) in [6.45, 7) is 0. The van der Waals surface area contributed by atoms with Crippen molar-refractivity contribution in [2.75, 3.05) is 5.73 Å². The van der Waals surface area contributed by atoms with Gasteiger partial charge in [-0.2, -0.15) is 0 Å². The van der Waals surface area contributed by atoms with Gasteiger partial charge in [-0.3, -0.25) is 0 Å². The topological polar surface area (TPSA) is 26.0 Å². The number of allylic oxidation sites excluding steroid dienone is 3. The van der Waals surface area contributed by atoms with E-state index in [2.05, 4.69) is 36.4 Å². The molecule has 2 unspecified atom stereocenters. The molecule has 0 spiro atoms. The Bertz CT molecular complexity index is 434. The normalized spacial score (nSPS) is 27.4. The van der Waals surface area contributed by atoms with Crippen molar-refractivity contribution in [3.63, 3.8) is 0 Å². The van der Waals surface area contributed by atoms with Gasteiger partial charge >= 0.3 is 0 Å². The number of thioether (sulfide) groups is 1. The van der Waals surface area contributed by atoms with Gasteiger partial charge in [0.15, 0.2) is 0 Å². The van der Waals surface area contributed by atoms with E-state index in [1.807, 2.05) is 17.8 Å². The van der Waals surface area contributed by atoms with Gasteiger partial charge in [-0.1, -0.05) is 24.3 Å². The minimum Gasteiger partial charge on any atom is -0.399 e. The Labute approximate surface area is 87.7 Å². The quantitative estimate of drug-likeness (QED) is 0.653. The second kappa shape index (κ2) is 2.92. The van der Waals surface area contributed by atoms with Crippen molar-refractivity contribution in [3.05, 3.63) is 48.1 Å². The highest BCUT2D eigenvalue weighted by Gasteiger charge is 2.30. The highest BCUT2D eigenvalue weighted by Crippen LogP contribution is 2.48. The molecule has 1 nitrogen and oxygen atoms in total. The number of fused-ring (bicyclic) bond motifs is 3. The fourth-order valence-corrected chi connectivity index (χ4v) is 3.39. The number of nitrogen functional groups attached to an aromatic ring is 1. The molecule has 2 atom stereocenters. The molecule has 0 bridgehead atoms. The Kier molecular flexibility index (Phi) is 1.71. The van der Waals surface area contributed by atoms with Crippen molar-refractivity contribution in [2.24, 2.45) is 0 Å². The Hall–Kier alpha value is -1.15. The standard InChI is InChI=1S/C12H11NS/c13-8-5-6-12-10(7-8)9-3-1-2-4-11(9)14-12/h1-7,9,11H,13H2. The zero-order chi connectivity index (χ0) is 9.54. The molecule has 1 aliphatic heterocycles. The van der Waals surface area contributed by atoms with Gasteiger partial charge in [-0.05, 0) is 23.8 Å². The Morgan fingerprint density at radius 1 is 1.14 bits per heavy atom. The smallest absolute Gasteiger partial charge is 0.0381 e. The minimum atomic E-state index is 0.531. The summed E-state index contributed by atoms with van der Waals surface area (Å²) in [7, 11) is 0. The molecule has 2 heteroatoms. The van der Waals surface area contributed by atoms with Crippen LogP contribution in [0, 0.1) is 0 Å². The van der Waals surface area contributed by atoms with E-state index < -0.39 is 0 Å². The first-order valence-electron chi connectivity index (χ1n) is 4.76. The lowest BCUT2D eigenvalue weighted by molar-refractivity contribution is 0.881. The van der Waals surface area contributed by atoms with Gasteiger partial charge in [0.2, 0.25) is 0 Å². The van der Waals surface area contributed by atoms with E-state index in [4.69, 9.17) is 5.73 Å². The van der Waals surface area contributed by atoms with Crippen molar-refractivity contribution in [3.8, 4) is 0 Å². The summed E-state index contributed by atoms with van der Waals surface area (Å²) >= 11 is 1.94. The molecule has 0 saturated heterocycles. The van der Waals surface area contributed by atoms with Crippen LogP contribution < -0.4 is 5.73 Å². The van der Waals surface area contributed by atoms with Crippen molar-refractivity contribution >= 4 is 17.4 Å². The summed E-state index contributed by atoms with van der Waals surface area (Å²) in [5.74, 6) is 0.531. The van der Waals surface area contributed by atoms with E-state index in [0.717, 1.165) is 5.69 Å². The maximum atomic E-state index is 5.80. The van der Waals surface area contributed by atoms with Crippen molar-refractivity contribution in [1.29, 1.82) is 0 Å². The monoisotopic (exact) mass is 201 g/mol. The lowest BCUT2D eigenvalue weighted by Crippen LogP contribution is -2.06. The summed E-state index contributed by atoms with van der Waals surface area (Å²) in [4.78, 5) is 1.38. The molecule has 1 aromatic carbocycles. The van der Waals surface area contributed by atoms with Crippen LogP contribution in [0.25, 0.3) is 0 Å². The van der Waals surface area contributed by atoms with Crippen LogP contribution in [0.15, 0.2) is 47.4 Å². The van der Waals surface area contributed by atoms with Crippen LogP contribution in [-0.2, 0) is 0 Å². The molecule has 14 heavy (non-hydrogen) atoms. The molecule has 3 rings (SSSR count). The van der Waals surface area contributed by atoms with Gasteiger partial charge in [0, 0.05) is 21.8 Å². The molecule has 0 fully saturated rings. The summed E-state index contributed by atoms with van der Waals surface area (Å²) in [6.07, 6.45) is 8.79. The van der Waals surface area contributed by atoms with Gasteiger partial charge in [0.25, 0.3) is 0 Å². The van der Waals surface area contributed by atoms with Crippen LogP contribution in [0.3, 0.4) is 0 Å². The van der Waals surface area contributed by atoms with Crippen LogP contribution in [0.4, 0.5) is 5.69 Å². The Morgan fingerprint density at radius 3 is 2.93 bits per heavy atom. The molecular formula is C12H11NS. The highest BCUT2D eigenvalue weighted by atomic mass is 32.2. The number of benzene rings is 1. The van der Waals surface area contributed by atoms with E-state index in [9.17, 15) is 0 Å². The zero-order valence-electron chi connectivity index (χ0n) is 7.68. The molecule has 1 heterocycles. The van der Waals surface area contributed by atoms with Crippen molar-refractivity contribution in [2.45, 2.75) is 16.1 Å². The van der Waals surface area contributed by atoms with Crippen LogP contribution in [0.1, 0.15) is 11.5 Å². The van der Waals surface area contributed by atoms with E-state index >= 15 is 0 Å². The van der Waals surface area contributed by atoms with Gasteiger partial charge < -0.3 is 5.73 Å². The van der Waals surface area contributed by atoms with Crippen LogP contribution in [0.2, 0.25) is 0 Å². The second-order valence-corrected chi connectivity index (χ2v) is 4.90. The average molecular weight is 201 g/mol. The van der Waals surface area contributed by atoms with E-state index in [1.165, 1.54) is 10.5 Å². The van der Waals surface area contributed by atoms with Crippen molar-refractivity contribution in [1.82, 2.24) is 0 Å². The number of rotatable bonds is 0. The number of anilines is 1. The molecule has 1 aliphatic carbocycles. The first-order valence-corrected chi connectivity index (χ1v) is 5.63. The van der Waals surface area contributed by atoms with Crippen LogP contribution in [0.5, 0.6) is 0 Å². The largest absolute Gasteiger partial charge is 0.399 e. The van der Waals surface area contributed by atoms with Gasteiger partial charge in [0.1, 0.15) is 0 Å². The maximum absolute atomic E-state index is 5.80. The molecule has 2 N–H and O–H groups in total. The molecule has 2 aliphatic rings. The lowest BCUT2D eigenvalue weighted by Gasteiger charge is -2.14. The van der Waals surface area contributed by atoms with Crippen LogP contribution in [-0.4, -0.2) is 5.25 Å². The molecule has 0 saturated carbocycles. The van der Waals surface area contributed by atoms with E-state index in [-0.39, 0.29) is 0 Å². The molecule has 0 amide bonds. The fourth-order valence-electron chi connectivity index (χ4n) is 2.06. The third-order valence-electron chi connectivity index (χ3n) is 2.74. The first kappa shape index (κ1) is 8.18. The summed E-state index contributed by atoms with van der Waals surface area (Å²) in [5.41, 5.74) is 8.06. The van der Waals surface area contributed by atoms with Crippen molar-refractivity contribution < 1.29 is 0 Å². The second-order valence-electron chi connectivity index (χ2n) is 3.68. The fraction of sp³-hybridized carbons (Fsp3) is 0.167. The highest BCUT2D eigenvalue weighted by molar-refractivity contribution is 8.00. The van der Waals surface area contributed by atoms with Gasteiger partial charge in [0.05, 0.1) is 0 Å². The number of hydrogen-bond acceptors (Lipinski definition) is 2. The van der Waals surface area contributed by atoms with Gasteiger partial charge in [-0.25, -0.2) is 0 Å². The maximum Gasteiger partial charge on any atom is 0.0381 e. The Balaban J connectivity index is 2.12. The predicted molar refractivity (Wildman–Crippen MR) is 61.5 cm³/mol. The van der Waals surface area contributed by atoms with Gasteiger partial charge in [-0.15, -0.1) is 11.8 Å². The molecule has 1 aromatic rings. The number of hydrogen-bond donors (Lipinski definition) is 1. The SMILES string of the molecule is Nc1ccc2c(c1)C1C=CC=CC1S2. The van der Waals surface area contributed by atoms with E-state index in [0.29, 0.717) is 11.2 Å². The van der Waals surface area contributed by atoms with E-state index in [1.54, 1.807) is 0 Å². The van der Waals surface area contributed by atoms with Crippen LogP contribution >= 0.6 is 11.8 Å². The number of nitrogens with two attached hydrogens (primary N) is 1. The molecule has 0 radical (unpaired) electrons. The summed E-state index contributed by atoms with van der Waals surface area (Å²) < 4.78 is 0. The molecular weight excluding hydrogens is 190 g/mol. The minimum absolute atomic E-state index is 0.531. The predicted octanol–water partition coefficient (Wildman–Crippen LogP) is 2.95. The molecule has 0 aromatic heterocycles.